The summed E-state index contributed by atoms with van der Waals surface area (Å²) in [7, 11) is 0. The summed E-state index contributed by atoms with van der Waals surface area (Å²) in [5, 5.41) is 6.73. The zero-order valence-corrected chi connectivity index (χ0v) is 18.3. The molecule has 26 heavy (non-hydrogen) atoms. The molecule has 7 heteroatoms. The lowest BCUT2D eigenvalue weighted by Crippen LogP contribution is -2.42. The van der Waals surface area contributed by atoms with E-state index in [2.05, 4.69) is 27.4 Å². The van der Waals surface area contributed by atoms with Crippen LogP contribution in [0.4, 0.5) is 0 Å². The summed E-state index contributed by atoms with van der Waals surface area (Å²) in [6.07, 6.45) is 7.82. The number of piperidine rings is 1. The molecule has 6 nitrogen and oxygen atoms in total. The Kier molecular flexibility index (Phi) is 12.4. The van der Waals surface area contributed by atoms with Gasteiger partial charge in [-0.3, -0.25) is 9.79 Å². The number of hydrogen-bond donors (Lipinski definition) is 2. The third-order valence-electron chi connectivity index (χ3n) is 4.49. The minimum Gasteiger partial charge on any atom is -0.357 e. The van der Waals surface area contributed by atoms with Crippen LogP contribution in [0, 0.1) is 0 Å². The zero-order valence-electron chi connectivity index (χ0n) is 16.0. The number of nitrogens with zero attached hydrogens (tertiary/aromatic N) is 3. The van der Waals surface area contributed by atoms with Gasteiger partial charge in [0, 0.05) is 45.0 Å². The summed E-state index contributed by atoms with van der Waals surface area (Å²) < 4.78 is 1.76. The quantitative estimate of drug-likeness (QED) is 0.249. The van der Waals surface area contributed by atoms with Crippen LogP contribution in [0.5, 0.6) is 0 Å². The molecule has 2 rings (SSSR count). The molecule has 0 unspecified atom stereocenters. The van der Waals surface area contributed by atoms with E-state index in [0.717, 1.165) is 51.5 Å². The van der Waals surface area contributed by atoms with Crippen LogP contribution in [-0.4, -0.2) is 54.7 Å². The topological polar surface area (TPSA) is 61.7 Å². The monoisotopic (exact) mass is 475 g/mol. The van der Waals surface area contributed by atoms with Crippen molar-refractivity contribution < 1.29 is 0 Å². The first kappa shape index (κ1) is 23.0. The maximum Gasteiger partial charge on any atom is 0.250 e. The first-order valence-corrected chi connectivity index (χ1v) is 9.69. The van der Waals surface area contributed by atoms with Crippen molar-refractivity contribution in [2.45, 2.75) is 45.6 Å². The highest BCUT2D eigenvalue weighted by Crippen LogP contribution is 2.07. The molecule has 1 aliphatic rings. The van der Waals surface area contributed by atoms with Gasteiger partial charge in [0.1, 0.15) is 0 Å². The predicted octanol–water partition coefficient (Wildman–Crippen LogP) is 2.29. The number of aryl methyl sites for hydroxylation is 1. The highest BCUT2D eigenvalue weighted by Gasteiger charge is 2.09. The molecule has 1 saturated heterocycles. The molecular formula is C19H34IN5O. The van der Waals surface area contributed by atoms with E-state index in [9.17, 15) is 4.79 Å². The summed E-state index contributed by atoms with van der Waals surface area (Å²) in [5.41, 5.74) is 0.0683. The van der Waals surface area contributed by atoms with Crippen LogP contribution >= 0.6 is 24.0 Å². The largest absolute Gasteiger partial charge is 0.357 e. The van der Waals surface area contributed by atoms with Crippen molar-refractivity contribution in [2.75, 3.05) is 39.3 Å². The van der Waals surface area contributed by atoms with Gasteiger partial charge in [-0.25, -0.2) is 0 Å². The molecular weight excluding hydrogens is 441 g/mol. The normalized spacial score (nSPS) is 15.3. The van der Waals surface area contributed by atoms with E-state index < -0.39 is 0 Å². The number of guanidine groups is 1. The van der Waals surface area contributed by atoms with E-state index in [4.69, 9.17) is 0 Å². The average Bonchev–Trinajstić information content (AvgIpc) is 2.64. The molecule has 1 aliphatic heterocycles. The van der Waals surface area contributed by atoms with Crippen LogP contribution in [0.25, 0.3) is 0 Å². The number of rotatable bonds is 9. The van der Waals surface area contributed by atoms with Crippen molar-refractivity contribution in [1.29, 1.82) is 0 Å². The number of aromatic nitrogens is 1. The van der Waals surface area contributed by atoms with Crippen molar-refractivity contribution in [3.8, 4) is 0 Å². The molecule has 1 fully saturated rings. The minimum atomic E-state index is 0. The van der Waals surface area contributed by atoms with Crippen LogP contribution in [0.2, 0.25) is 0 Å². The fourth-order valence-electron chi connectivity index (χ4n) is 3.09. The second-order valence-electron chi connectivity index (χ2n) is 6.53. The number of hydrogen-bond acceptors (Lipinski definition) is 3. The van der Waals surface area contributed by atoms with Crippen LogP contribution in [0.1, 0.15) is 39.0 Å². The molecule has 0 amide bonds. The predicted molar refractivity (Wildman–Crippen MR) is 120 cm³/mol. The molecule has 2 N–H and O–H groups in total. The van der Waals surface area contributed by atoms with Crippen molar-refractivity contribution in [3.63, 3.8) is 0 Å². The Labute approximate surface area is 174 Å². The molecule has 2 heterocycles. The number of nitrogens with one attached hydrogen (secondary N) is 2. The van der Waals surface area contributed by atoms with Gasteiger partial charge in [0.25, 0.3) is 0 Å². The molecule has 0 saturated carbocycles. The van der Waals surface area contributed by atoms with E-state index in [0.29, 0.717) is 0 Å². The lowest BCUT2D eigenvalue weighted by atomic mass is 10.1. The zero-order chi connectivity index (χ0) is 17.7. The highest BCUT2D eigenvalue weighted by atomic mass is 127. The Bertz CT molecular complexity index is 569. The van der Waals surface area contributed by atoms with Gasteiger partial charge in [0.15, 0.2) is 5.96 Å². The Balaban J connectivity index is 0.00000338. The molecule has 0 radical (unpaired) electrons. The van der Waals surface area contributed by atoms with Gasteiger partial charge in [-0.2, -0.15) is 0 Å². The minimum absolute atomic E-state index is 0. The Morgan fingerprint density at radius 3 is 2.65 bits per heavy atom. The van der Waals surface area contributed by atoms with Gasteiger partial charge in [-0.1, -0.05) is 12.5 Å². The van der Waals surface area contributed by atoms with Gasteiger partial charge in [0.2, 0.25) is 5.56 Å². The van der Waals surface area contributed by atoms with Gasteiger partial charge >= 0.3 is 0 Å². The first-order chi connectivity index (χ1) is 12.3. The van der Waals surface area contributed by atoms with Crippen LogP contribution in [-0.2, 0) is 6.54 Å². The molecule has 0 aliphatic carbocycles. The number of likely N-dealkylation sites (tertiary alicyclic amines) is 1. The standard InChI is InChI=1S/C19H33N5O.HI/c1-2-20-19(22-12-17-23-13-6-3-7-14-23)21-11-5-9-16-24-15-8-4-10-18(24)25;/h4,8,10,15H,2-3,5-7,9,11-14,16-17H2,1H3,(H2,20,21,22);1H. The number of unbranched alkanes of at least 4 members (excludes halogenated alkanes) is 1. The lowest BCUT2D eigenvalue weighted by molar-refractivity contribution is 0.232. The number of halogens is 1. The van der Waals surface area contributed by atoms with Crippen LogP contribution in [0.15, 0.2) is 34.2 Å². The summed E-state index contributed by atoms with van der Waals surface area (Å²) in [5.74, 6) is 0.899. The average molecular weight is 475 g/mol. The van der Waals surface area contributed by atoms with Crippen molar-refractivity contribution in [3.05, 3.63) is 34.7 Å². The van der Waals surface area contributed by atoms with E-state index >= 15 is 0 Å². The van der Waals surface area contributed by atoms with Crippen molar-refractivity contribution >= 4 is 29.9 Å². The molecule has 1 aromatic heterocycles. The van der Waals surface area contributed by atoms with Gasteiger partial charge in [0.05, 0.1) is 0 Å². The van der Waals surface area contributed by atoms with E-state index in [1.165, 1.54) is 32.4 Å². The molecule has 0 bridgehead atoms. The first-order valence-electron chi connectivity index (χ1n) is 9.69. The van der Waals surface area contributed by atoms with Gasteiger partial charge in [-0.05, 0) is 51.8 Å². The summed E-state index contributed by atoms with van der Waals surface area (Å²) in [6.45, 7) is 8.97. The molecule has 0 spiro atoms. The molecule has 0 atom stereocenters. The second kappa shape index (κ2) is 14.0. The molecule has 148 valence electrons. The smallest absolute Gasteiger partial charge is 0.250 e. The fourth-order valence-corrected chi connectivity index (χ4v) is 3.09. The maximum atomic E-state index is 11.6. The lowest BCUT2D eigenvalue weighted by Gasteiger charge is -2.26. The van der Waals surface area contributed by atoms with Crippen LogP contribution in [0.3, 0.4) is 0 Å². The fraction of sp³-hybridized carbons (Fsp3) is 0.684. The van der Waals surface area contributed by atoms with Crippen molar-refractivity contribution in [1.82, 2.24) is 20.1 Å². The maximum absolute atomic E-state index is 11.6. The second-order valence-corrected chi connectivity index (χ2v) is 6.53. The SMILES string of the molecule is CCNC(=NCCCCn1ccccc1=O)NCCN1CCCCC1.I. The molecule has 0 aromatic carbocycles. The summed E-state index contributed by atoms with van der Waals surface area (Å²) in [4.78, 5) is 18.8. The summed E-state index contributed by atoms with van der Waals surface area (Å²) in [6, 6.07) is 5.28. The number of aliphatic imine (C=N–C) groups is 1. The Morgan fingerprint density at radius 2 is 1.92 bits per heavy atom. The van der Waals surface area contributed by atoms with Crippen molar-refractivity contribution in [2.24, 2.45) is 4.99 Å². The molecule has 1 aromatic rings. The number of pyridine rings is 1. The third-order valence-corrected chi connectivity index (χ3v) is 4.49. The van der Waals surface area contributed by atoms with Crippen LogP contribution < -0.4 is 16.2 Å². The summed E-state index contributed by atoms with van der Waals surface area (Å²) >= 11 is 0. The third kappa shape index (κ3) is 9.02. The Morgan fingerprint density at radius 1 is 1.12 bits per heavy atom. The van der Waals surface area contributed by atoms with E-state index in [1.807, 2.05) is 12.3 Å². The van der Waals surface area contributed by atoms with Gasteiger partial charge in [-0.15, -0.1) is 24.0 Å². The van der Waals surface area contributed by atoms with E-state index in [1.54, 1.807) is 16.7 Å². The Hall–Kier alpha value is -1.09. The van der Waals surface area contributed by atoms with Gasteiger partial charge < -0.3 is 20.1 Å². The highest BCUT2D eigenvalue weighted by molar-refractivity contribution is 14.0. The van der Waals surface area contributed by atoms with E-state index in [-0.39, 0.29) is 29.5 Å².